The molecule has 0 fully saturated rings. The van der Waals surface area contributed by atoms with Crippen molar-refractivity contribution in [2.24, 2.45) is 0 Å². The van der Waals surface area contributed by atoms with Crippen LogP contribution in [0.1, 0.15) is 12.5 Å². The lowest BCUT2D eigenvalue weighted by Gasteiger charge is -2.25. The Bertz CT molecular complexity index is 373. The average Bonchev–Trinajstić information content (AvgIpc) is 2.28. The van der Waals surface area contributed by atoms with E-state index in [2.05, 4.69) is 0 Å². The van der Waals surface area contributed by atoms with E-state index in [-0.39, 0.29) is 6.61 Å². The van der Waals surface area contributed by atoms with Crippen LogP contribution in [0.2, 0.25) is 0 Å². The first-order chi connectivity index (χ1) is 7.63. The van der Waals surface area contributed by atoms with Crippen molar-refractivity contribution in [2.45, 2.75) is 12.5 Å². The van der Waals surface area contributed by atoms with Gasteiger partial charge in [-0.15, -0.1) is 0 Å². The Hall–Kier alpha value is -1.26. The second-order valence-electron chi connectivity index (χ2n) is 4.07. The zero-order chi connectivity index (χ0) is 11.6. The van der Waals surface area contributed by atoms with Gasteiger partial charge in [0.05, 0.1) is 6.61 Å². The zero-order valence-corrected chi connectivity index (χ0v) is 9.53. The van der Waals surface area contributed by atoms with E-state index in [1.54, 1.807) is 20.1 Å². The van der Waals surface area contributed by atoms with E-state index in [9.17, 15) is 5.11 Å². The lowest BCUT2D eigenvalue weighted by molar-refractivity contribution is -0.0210. The van der Waals surface area contributed by atoms with Gasteiger partial charge in [0.1, 0.15) is 18.8 Å². The largest absolute Gasteiger partial charge is 0.486 e. The molecule has 1 heterocycles. The van der Waals surface area contributed by atoms with Crippen molar-refractivity contribution < 1.29 is 19.3 Å². The van der Waals surface area contributed by atoms with Gasteiger partial charge in [-0.3, -0.25) is 0 Å². The van der Waals surface area contributed by atoms with E-state index >= 15 is 0 Å². The lowest BCUT2D eigenvalue weighted by atomic mass is 9.96. The third-order valence-corrected chi connectivity index (χ3v) is 2.59. The first kappa shape index (κ1) is 11.2. The minimum atomic E-state index is -1.01. The molecule has 1 aromatic rings. The van der Waals surface area contributed by atoms with Crippen molar-refractivity contribution in [2.75, 3.05) is 26.9 Å². The van der Waals surface area contributed by atoms with Crippen LogP contribution in [0.5, 0.6) is 11.5 Å². The number of aliphatic hydroxyl groups is 1. The second-order valence-corrected chi connectivity index (χ2v) is 4.07. The van der Waals surface area contributed by atoms with Gasteiger partial charge in [0, 0.05) is 7.11 Å². The van der Waals surface area contributed by atoms with Crippen LogP contribution in [0.3, 0.4) is 0 Å². The lowest BCUT2D eigenvalue weighted by Crippen LogP contribution is -2.27. The molecule has 16 heavy (non-hydrogen) atoms. The molecule has 1 atom stereocenters. The standard InChI is InChI=1S/C12H16O4/c1-12(13,8-14-2)9-3-4-10-11(7-9)16-6-5-15-10/h3-4,7,13H,5-6,8H2,1-2H3. The van der Waals surface area contributed by atoms with Crippen LogP contribution >= 0.6 is 0 Å². The van der Waals surface area contributed by atoms with Gasteiger partial charge in [-0.25, -0.2) is 0 Å². The van der Waals surface area contributed by atoms with E-state index in [0.717, 1.165) is 11.3 Å². The molecule has 1 aliphatic rings. The van der Waals surface area contributed by atoms with Crippen molar-refractivity contribution in [1.82, 2.24) is 0 Å². The fourth-order valence-corrected chi connectivity index (χ4v) is 1.74. The highest BCUT2D eigenvalue weighted by Gasteiger charge is 2.25. The minimum Gasteiger partial charge on any atom is -0.486 e. The van der Waals surface area contributed by atoms with Crippen LogP contribution in [0.4, 0.5) is 0 Å². The highest BCUT2D eigenvalue weighted by Crippen LogP contribution is 2.34. The highest BCUT2D eigenvalue weighted by molar-refractivity contribution is 5.45. The van der Waals surface area contributed by atoms with Crippen molar-refractivity contribution in [3.8, 4) is 11.5 Å². The maximum Gasteiger partial charge on any atom is 0.161 e. The predicted octanol–water partition coefficient (Wildman–Crippen LogP) is 1.31. The first-order valence-electron chi connectivity index (χ1n) is 5.25. The number of benzene rings is 1. The van der Waals surface area contributed by atoms with E-state index in [1.165, 1.54) is 0 Å². The summed E-state index contributed by atoms with van der Waals surface area (Å²) in [5, 5.41) is 10.2. The average molecular weight is 224 g/mol. The molecule has 0 aliphatic carbocycles. The number of fused-ring (bicyclic) bond motifs is 1. The summed E-state index contributed by atoms with van der Waals surface area (Å²) in [5.74, 6) is 1.41. The molecule has 1 aliphatic heterocycles. The topological polar surface area (TPSA) is 47.9 Å². The van der Waals surface area contributed by atoms with Crippen molar-refractivity contribution in [1.29, 1.82) is 0 Å². The highest BCUT2D eigenvalue weighted by atomic mass is 16.6. The van der Waals surface area contributed by atoms with Crippen LogP contribution in [0.15, 0.2) is 18.2 Å². The summed E-state index contributed by atoms with van der Waals surface area (Å²) in [6, 6.07) is 5.44. The number of rotatable bonds is 3. The Labute approximate surface area is 94.8 Å². The molecule has 1 N–H and O–H groups in total. The maximum absolute atomic E-state index is 10.2. The molecule has 88 valence electrons. The molecular formula is C12H16O4. The van der Waals surface area contributed by atoms with Gasteiger partial charge in [-0.1, -0.05) is 6.07 Å². The number of hydrogen-bond acceptors (Lipinski definition) is 4. The Morgan fingerprint density at radius 1 is 1.31 bits per heavy atom. The van der Waals surface area contributed by atoms with Crippen molar-refractivity contribution >= 4 is 0 Å². The zero-order valence-electron chi connectivity index (χ0n) is 9.53. The molecule has 2 rings (SSSR count). The molecule has 0 spiro atoms. The summed E-state index contributed by atoms with van der Waals surface area (Å²) in [6.45, 7) is 3.07. The molecule has 0 saturated carbocycles. The van der Waals surface area contributed by atoms with E-state index in [1.807, 2.05) is 12.1 Å². The van der Waals surface area contributed by atoms with Crippen LogP contribution < -0.4 is 9.47 Å². The number of hydrogen-bond donors (Lipinski definition) is 1. The van der Waals surface area contributed by atoms with Crippen molar-refractivity contribution in [3.05, 3.63) is 23.8 Å². The third kappa shape index (κ3) is 2.13. The quantitative estimate of drug-likeness (QED) is 0.841. The first-order valence-corrected chi connectivity index (χ1v) is 5.25. The van der Waals surface area contributed by atoms with Gasteiger partial charge in [-0.2, -0.15) is 0 Å². The summed E-state index contributed by atoms with van der Waals surface area (Å²) in [5.41, 5.74) is -0.247. The molecule has 0 bridgehead atoms. The summed E-state index contributed by atoms with van der Waals surface area (Å²) < 4.78 is 15.9. The monoisotopic (exact) mass is 224 g/mol. The van der Waals surface area contributed by atoms with Gasteiger partial charge >= 0.3 is 0 Å². The van der Waals surface area contributed by atoms with E-state index < -0.39 is 5.60 Å². The fraction of sp³-hybridized carbons (Fsp3) is 0.500. The summed E-state index contributed by atoms with van der Waals surface area (Å²) in [4.78, 5) is 0. The summed E-state index contributed by atoms with van der Waals surface area (Å²) in [7, 11) is 1.56. The van der Waals surface area contributed by atoms with Crippen LogP contribution in [-0.4, -0.2) is 32.0 Å². The normalized spacial score (nSPS) is 17.9. The van der Waals surface area contributed by atoms with Crippen LogP contribution in [0.25, 0.3) is 0 Å². The molecule has 0 amide bonds. The van der Waals surface area contributed by atoms with Crippen molar-refractivity contribution in [3.63, 3.8) is 0 Å². The Kier molecular flexibility index (Phi) is 3.03. The van der Waals surface area contributed by atoms with Crippen LogP contribution in [-0.2, 0) is 10.3 Å². The Balaban J connectivity index is 2.29. The predicted molar refractivity (Wildman–Crippen MR) is 58.9 cm³/mol. The summed E-state index contributed by atoms with van der Waals surface area (Å²) in [6.07, 6.45) is 0. The van der Waals surface area contributed by atoms with Gasteiger partial charge in [-0.05, 0) is 24.6 Å². The molecule has 0 aromatic heterocycles. The minimum absolute atomic E-state index is 0.243. The smallest absolute Gasteiger partial charge is 0.161 e. The molecular weight excluding hydrogens is 208 g/mol. The van der Waals surface area contributed by atoms with Crippen LogP contribution in [0, 0.1) is 0 Å². The van der Waals surface area contributed by atoms with Gasteiger partial charge < -0.3 is 19.3 Å². The molecule has 4 heteroatoms. The fourth-order valence-electron chi connectivity index (χ4n) is 1.74. The molecule has 4 nitrogen and oxygen atoms in total. The number of ether oxygens (including phenoxy) is 3. The summed E-state index contributed by atoms with van der Waals surface area (Å²) >= 11 is 0. The molecule has 1 aromatic carbocycles. The third-order valence-electron chi connectivity index (χ3n) is 2.59. The second kappa shape index (κ2) is 4.31. The molecule has 0 saturated heterocycles. The number of methoxy groups -OCH3 is 1. The maximum atomic E-state index is 10.2. The van der Waals surface area contributed by atoms with E-state index in [4.69, 9.17) is 14.2 Å². The Morgan fingerprint density at radius 2 is 2.00 bits per heavy atom. The van der Waals surface area contributed by atoms with Gasteiger partial charge in [0.25, 0.3) is 0 Å². The SMILES string of the molecule is COCC(C)(O)c1ccc2c(c1)OCCO2. The van der Waals surface area contributed by atoms with Gasteiger partial charge in [0.2, 0.25) is 0 Å². The molecule has 0 radical (unpaired) electrons. The Morgan fingerprint density at radius 3 is 2.69 bits per heavy atom. The van der Waals surface area contributed by atoms with Gasteiger partial charge in [0.15, 0.2) is 11.5 Å². The van der Waals surface area contributed by atoms with E-state index in [0.29, 0.717) is 19.0 Å². The molecule has 1 unspecified atom stereocenters.